The predicted octanol–water partition coefficient (Wildman–Crippen LogP) is 2.04. The fourth-order valence-corrected chi connectivity index (χ4v) is 3.44. The molecule has 0 aliphatic carbocycles. The van der Waals surface area contributed by atoms with Crippen LogP contribution in [0.2, 0.25) is 0 Å². The van der Waals surface area contributed by atoms with E-state index in [4.69, 9.17) is 4.99 Å². The molecule has 152 valence electrons. The maximum atomic E-state index is 4.91. The molecule has 0 spiro atoms. The highest BCUT2D eigenvalue weighted by Gasteiger charge is 2.20. The van der Waals surface area contributed by atoms with Crippen molar-refractivity contribution in [2.75, 3.05) is 32.7 Å². The van der Waals surface area contributed by atoms with Crippen LogP contribution in [0.25, 0.3) is 0 Å². The third kappa shape index (κ3) is 5.55. The molecule has 1 aromatic carbocycles. The molecule has 2 aromatic rings. The van der Waals surface area contributed by atoms with Crippen LogP contribution in [0, 0.1) is 12.8 Å². The number of hydrogen-bond donors (Lipinski definition) is 1. The van der Waals surface area contributed by atoms with Crippen LogP contribution in [0.4, 0.5) is 0 Å². The van der Waals surface area contributed by atoms with Crippen LogP contribution in [-0.4, -0.2) is 63.2 Å². The van der Waals surface area contributed by atoms with Gasteiger partial charge in [-0.2, -0.15) is 0 Å². The molecule has 0 bridgehead atoms. The van der Waals surface area contributed by atoms with Crippen molar-refractivity contribution in [1.82, 2.24) is 29.9 Å². The number of nitrogens with one attached hydrogen (secondary N) is 1. The minimum atomic E-state index is 0.622. The van der Waals surface area contributed by atoms with Crippen LogP contribution in [-0.2, 0) is 20.1 Å². The number of aryl methyl sites for hydroxylation is 1. The van der Waals surface area contributed by atoms with Gasteiger partial charge in [-0.3, -0.25) is 4.90 Å². The second-order valence-electron chi connectivity index (χ2n) is 7.88. The van der Waals surface area contributed by atoms with Crippen molar-refractivity contribution in [3.05, 3.63) is 47.5 Å². The van der Waals surface area contributed by atoms with E-state index in [1.165, 1.54) is 5.56 Å². The summed E-state index contributed by atoms with van der Waals surface area (Å²) in [6, 6.07) is 10.4. The fraction of sp³-hybridized carbons (Fsp3) is 0.571. The van der Waals surface area contributed by atoms with Crippen LogP contribution < -0.4 is 5.32 Å². The van der Waals surface area contributed by atoms with Crippen molar-refractivity contribution in [2.24, 2.45) is 18.0 Å². The summed E-state index contributed by atoms with van der Waals surface area (Å²) in [5, 5.41) is 11.9. The molecule has 2 heterocycles. The normalized spacial score (nSPS) is 16.0. The van der Waals surface area contributed by atoms with Crippen LogP contribution in [0.3, 0.4) is 0 Å². The first-order valence-electron chi connectivity index (χ1n) is 10.2. The lowest BCUT2D eigenvalue weighted by Crippen LogP contribution is -2.53. The largest absolute Gasteiger partial charge is 0.349 e. The number of benzene rings is 1. The zero-order chi connectivity index (χ0) is 19.9. The number of nitrogens with zero attached hydrogens (tertiary/aromatic N) is 6. The summed E-state index contributed by atoms with van der Waals surface area (Å²) in [5.41, 5.74) is 1.22. The monoisotopic (exact) mass is 383 g/mol. The number of aliphatic imine (C=N–C) groups is 1. The molecule has 1 aromatic heterocycles. The topological polar surface area (TPSA) is 61.6 Å². The molecule has 0 radical (unpaired) electrons. The number of piperazine rings is 1. The Balaban J connectivity index is 1.66. The molecule has 0 saturated carbocycles. The van der Waals surface area contributed by atoms with E-state index in [2.05, 4.69) is 63.4 Å². The van der Waals surface area contributed by atoms with E-state index in [1.54, 1.807) is 0 Å². The molecule has 0 atom stereocenters. The fourth-order valence-electron chi connectivity index (χ4n) is 3.44. The lowest BCUT2D eigenvalue weighted by molar-refractivity contribution is 0.163. The number of guanidine groups is 1. The number of hydrogen-bond acceptors (Lipinski definition) is 4. The SMILES string of the molecule is Cc1nnc(CNC(=NCc2ccccc2)N2CCN(CC(C)C)CC2)n1C. The summed E-state index contributed by atoms with van der Waals surface area (Å²) in [6.07, 6.45) is 0. The zero-order valence-corrected chi connectivity index (χ0v) is 17.6. The van der Waals surface area contributed by atoms with Gasteiger partial charge >= 0.3 is 0 Å². The highest BCUT2D eigenvalue weighted by molar-refractivity contribution is 5.80. The molecule has 7 heteroatoms. The Bertz CT molecular complexity index is 758. The van der Waals surface area contributed by atoms with Crippen LogP contribution in [0.1, 0.15) is 31.1 Å². The molecule has 1 aliphatic heterocycles. The van der Waals surface area contributed by atoms with Gasteiger partial charge in [0, 0.05) is 39.8 Å². The Morgan fingerprint density at radius 2 is 1.82 bits per heavy atom. The molecule has 7 nitrogen and oxygen atoms in total. The van der Waals surface area contributed by atoms with Gasteiger partial charge in [0.25, 0.3) is 0 Å². The standard InChI is InChI=1S/C21H33N7/c1-17(2)16-27-10-12-28(13-11-27)21(22-14-19-8-6-5-7-9-19)23-15-20-25-24-18(3)26(20)4/h5-9,17H,10-16H2,1-4H3,(H,22,23). The Morgan fingerprint density at radius 1 is 1.11 bits per heavy atom. The summed E-state index contributed by atoms with van der Waals surface area (Å²) < 4.78 is 2.02. The maximum absolute atomic E-state index is 4.91. The average Bonchev–Trinajstić information content (AvgIpc) is 3.01. The third-order valence-electron chi connectivity index (χ3n) is 5.14. The minimum absolute atomic E-state index is 0.622. The predicted molar refractivity (Wildman–Crippen MR) is 113 cm³/mol. The van der Waals surface area contributed by atoms with E-state index in [1.807, 2.05) is 24.6 Å². The smallest absolute Gasteiger partial charge is 0.194 e. The van der Waals surface area contributed by atoms with Gasteiger partial charge in [-0.15, -0.1) is 10.2 Å². The number of aromatic nitrogens is 3. The van der Waals surface area contributed by atoms with Gasteiger partial charge in [-0.25, -0.2) is 4.99 Å². The van der Waals surface area contributed by atoms with E-state index < -0.39 is 0 Å². The summed E-state index contributed by atoms with van der Waals surface area (Å²) >= 11 is 0. The van der Waals surface area contributed by atoms with E-state index in [-0.39, 0.29) is 0 Å². The first-order valence-corrected chi connectivity index (χ1v) is 10.2. The van der Waals surface area contributed by atoms with Crippen molar-refractivity contribution in [2.45, 2.75) is 33.9 Å². The molecule has 1 saturated heterocycles. The Kier molecular flexibility index (Phi) is 7.03. The molecular weight excluding hydrogens is 350 g/mol. The van der Waals surface area contributed by atoms with E-state index in [0.29, 0.717) is 19.0 Å². The highest BCUT2D eigenvalue weighted by Crippen LogP contribution is 2.08. The van der Waals surface area contributed by atoms with Crippen molar-refractivity contribution in [3.63, 3.8) is 0 Å². The summed E-state index contributed by atoms with van der Waals surface area (Å²) in [6.45, 7) is 13.1. The lowest BCUT2D eigenvalue weighted by atomic mass is 10.2. The van der Waals surface area contributed by atoms with Gasteiger partial charge in [0.2, 0.25) is 0 Å². The van der Waals surface area contributed by atoms with Crippen molar-refractivity contribution in [3.8, 4) is 0 Å². The van der Waals surface area contributed by atoms with E-state index >= 15 is 0 Å². The van der Waals surface area contributed by atoms with Gasteiger partial charge in [-0.05, 0) is 18.4 Å². The minimum Gasteiger partial charge on any atom is -0.349 e. The molecule has 3 rings (SSSR count). The molecule has 0 amide bonds. The third-order valence-corrected chi connectivity index (χ3v) is 5.14. The average molecular weight is 384 g/mol. The summed E-state index contributed by atoms with van der Waals surface area (Å²) in [5.74, 6) is 3.49. The Morgan fingerprint density at radius 3 is 2.43 bits per heavy atom. The van der Waals surface area contributed by atoms with Gasteiger partial charge in [0.15, 0.2) is 11.8 Å². The maximum Gasteiger partial charge on any atom is 0.194 e. The molecule has 1 fully saturated rings. The first-order chi connectivity index (χ1) is 13.5. The van der Waals surface area contributed by atoms with Crippen LogP contribution in [0.5, 0.6) is 0 Å². The second kappa shape index (κ2) is 9.68. The van der Waals surface area contributed by atoms with Gasteiger partial charge in [-0.1, -0.05) is 44.2 Å². The Hall–Kier alpha value is -2.41. The molecule has 0 unspecified atom stereocenters. The summed E-state index contributed by atoms with van der Waals surface area (Å²) in [4.78, 5) is 9.82. The highest BCUT2D eigenvalue weighted by atomic mass is 15.4. The van der Waals surface area contributed by atoms with E-state index in [0.717, 1.165) is 50.3 Å². The van der Waals surface area contributed by atoms with E-state index in [9.17, 15) is 0 Å². The van der Waals surface area contributed by atoms with Gasteiger partial charge in [0.05, 0.1) is 13.1 Å². The van der Waals surface area contributed by atoms with Crippen molar-refractivity contribution < 1.29 is 0 Å². The first kappa shape index (κ1) is 20.3. The molecule has 1 aliphatic rings. The Labute approximate surface area is 168 Å². The molecule has 28 heavy (non-hydrogen) atoms. The van der Waals surface area contributed by atoms with Gasteiger partial charge in [0.1, 0.15) is 5.82 Å². The zero-order valence-electron chi connectivity index (χ0n) is 17.6. The molecular formula is C21H33N7. The second-order valence-corrected chi connectivity index (χ2v) is 7.88. The summed E-state index contributed by atoms with van der Waals surface area (Å²) in [7, 11) is 2.00. The quantitative estimate of drug-likeness (QED) is 0.611. The number of rotatable bonds is 6. The van der Waals surface area contributed by atoms with Crippen molar-refractivity contribution >= 4 is 5.96 Å². The lowest BCUT2D eigenvalue weighted by Gasteiger charge is -2.37. The van der Waals surface area contributed by atoms with Crippen LogP contribution in [0.15, 0.2) is 35.3 Å². The van der Waals surface area contributed by atoms with Crippen molar-refractivity contribution in [1.29, 1.82) is 0 Å². The van der Waals surface area contributed by atoms with Gasteiger partial charge < -0.3 is 14.8 Å². The van der Waals surface area contributed by atoms with Crippen LogP contribution >= 0.6 is 0 Å². The molecule has 1 N–H and O–H groups in total.